The Labute approximate surface area is 186 Å². The summed E-state index contributed by atoms with van der Waals surface area (Å²) in [7, 11) is 0. The zero-order chi connectivity index (χ0) is 21.6. The average molecular weight is 425 g/mol. The zero-order valence-corrected chi connectivity index (χ0v) is 19.0. The third kappa shape index (κ3) is 5.55. The van der Waals surface area contributed by atoms with Crippen LogP contribution in [0, 0.1) is 5.92 Å². The molecular weight excluding hydrogens is 388 g/mol. The molecule has 4 rings (SSSR count). The van der Waals surface area contributed by atoms with E-state index in [1.165, 1.54) is 16.8 Å². The Kier molecular flexibility index (Phi) is 7.41. The van der Waals surface area contributed by atoms with Crippen LogP contribution in [0.2, 0.25) is 0 Å². The second-order valence-corrected chi connectivity index (χ2v) is 9.24. The monoisotopic (exact) mass is 424 g/mol. The van der Waals surface area contributed by atoms with Crippen LogP contribution in [0.15, 0.2) is 30.3 Å². The van der Waals surface area contributed by atoms with Gasteiger partial charge in [-0.2, -0.15) is 5.10 Å². The zero-order valence-electron chi connectivity index (χ0n) is 19.0. The van der Waals surface area contributed by atoms with Gasteiger partial charge in [0.15, 0.2) is 5.69 Å². The predicted molar refractivity (Wildman–Crippen MR) is 122 cm³/mol. The van der Waals surface area contributed by atoms with Crippen molar-refractivity contribution in [3.8, 4) is 0 Å². The molecule has 1 atom stereocenters. The minimum atomic E-state index is 0.0757. The first-order valence-electron chi connectivity index (χ1n) is 11.8. The number of carbonyl (C=O) groups excluding carboxylic acids is 1. The molecular formula is C25H36N4O2. The molecule has 6 heteroatoms. The predicted octanol–water partition coefficient (Wildman–Crippen LogP) is 3.09. The number of hydrogen-bond donors (Lipinski definition) is 1. The van der Waals surface area contributed by atoms with Gasteiger partial charge in [0.05, 0.1) is 13.2 Å². The molecule has 6 nitrogen and oxygen atoms in total. The molecule has 2 heterocycles. The molecule has 1 fully saturated rings. The van der Waals surface area contributed by atoms with Gasteiger partial charge in [-0.05, 0) is 50.1 Å². The summed E-state index contributed by atoms with van der Waals surface area (Å²) < 4.78 is 7.54. The largest absolute Gasteiger partial charge is 0.378 e. The van der Waals surface area contributed by atoms with Crippen molar-refractivity contribution in [3.05, 3.63) is 52.8 Å². The number of nitrogens with zero attached hydrogens (tertiary/aromatic N) is 3. The van der Waals surface area contributed by atoms with Crippen LogP contribution in [0.3, 0.4) is 0 Å². The van der Waals surface area contributed by atoms with E-state index < -0.39 is 0 Å². The Balaban J connectivity index is 1.42. The molecule has 2 aromatic rings. The number of aryl methyl sites for hydroxylation is 1. The van der Waals surface area contributed by atoms with Crippen LogP contribution in [0.5, 0.6) is 0 Å². The van der Waals surface area contributed by atoms with Gasteiger partial charge in [0.25, 0.3) is 5.91 Å². The molecule has 1 aliphatic carbocycles. The SMILES string of the molecule is CC(C)Cn1nc(C(=O)N2CCOCC2)c2c1CC[C@@H](NCCCc1ccccc1)C2. The molecule has 1 amide bonds. The lowest BCUT2D eigenvalue weighted by molar-refractivity contribution is 0.0297. The van der Waals surface area contributed by atoms with Gasteiger partial charge in [0, 0.05) is 36.9 Å². The highest BCUT2D eigenvalue weighted by atomic mass is 16.5. The van der Waals surface area contributed by atoms with Gasteiger partial charge < -0.3 is 15.0 Å². The number of carbonyl (C=O) groups is 1. The second-order valence-electron chi connectivity index (χ2n) is 9.24. The molecule has 1 saturated heterocycles. The molecule has 168 valence electrons. The van der Waals surface area contributed by atoms with Gasteiger partial charge in [-0.3, -0.25) is 9.48 Å². The molecule has 1 aromatic carbocycles. The van der Waals surface area contributed by atoms with E-state index in [0.717, 1.165) is 45.2 Å². The van der Waals surface area contributed by atoms with Gasteiger partial charge in [-0.1, -0.05) is 44.2 Å². The number of fused-ring (bicyclic) bond motifs is 1. The van der Waals surface area contributed by atoms with Crippen molar-refractivity contribution in [3.63, 3.8) is 0 Å². The molecule has 0 radical (unpaired) electrons. The highest BCUT2D eigenvalue weighted by Crippen LogP contribution is 2.27. The summed E-state index contributed by atoms with van der Waals surface area (Å²) in [6.07, 6.45) is 5.21. The summed E-state index contributed by atoms with van der Waals surface area (Å²) in [5, 5.41) is 8.58. The maximum Gasteiger partial charge on any atom is 0.274 e. The van der Waals surface area contributed by atoms with Gasteiger partial charge >= 0.3 is 0 Å². The van der Waals surface area contributed by atoms with E-state index in [9.17, 15) is 4.79 Å². The lowest BCUT2D eigenvalue weighted by Gasteiger charge is -2.28. The summed E-state index contributed by atoms with van der Waals surface area (Å²) in [5.74, 6) is 0.580. The summed E-state index contributed by atoms with van der Waals surface area (Å²) >= 11 is 0. The molecule has 2 aliphatic rings. The van der Waals surface area contributed by atoms with Crippen molar-refractivity contribution >= 4 is 5.91 Å². The first-order valence-corrected chi connectivity index (χ1v) is 11.8. The minimum absolute atomic E-state index is 0.0757. The average Bonchev–Trinajstić information content (AvgIpc) is 3.14. The number of benzene rings is 1. The lowest BCUT2D eigenvalue weighted by atomic mass is 9.90. The molecule has 1 aromatic heterocycles. The number of hydrogen-bond acceptors (Lipinski definition) is 4. The van der Waals surface area contributed by atoms with Crippen molar-refractivity contribution in [2.75, 3.05) is 32.8 Å². The number of aromatic nitrogens is 2. The Morgan fingerprint density at radius 1 is 1.23 bits per heavy atom. The van der Waals surface area contributed by atoms with E-state index >= 15 is 0 Å². The third-order valence-electron chi connectivity index (χ3n) is 6.30. The Morgan fingerprint density at radius 3 is 2.74 bits per heavy atom. The first-order chi connectivity index (χ1) is 15.1. The normalized spacial score (nSPS) is 18.9. The van der Waals surface area contributed by atoms with Crippen LogP contribution in [-0.2, 0) is 30.5 Å². The van der Waals surface area contributed by atoms with Gasteiger partial charge in [0.1, 0.15) is 0 Å². The number of morpholine rings is 1. The van der Waals surface area contributed by atoms with Crippen LogP contribution in [0.1, 0.15) is 54.0 Å². The number of nitrogens with one attached hydrogen (secondary N) is 1. The summed E-state index contributed by atoms with van der Waals surface area (Å²) in [6, 6.07) is 11.1. The Morgan fingerprint density at radius 2 is 2.00 bits per heavy atom. The number of amides is 1. The molecule has 0 saturated carbocycles. The summed E-state index contributed by atoms with van der Waals surface area (Å²) in [4.78, 5) is 15.2. The fourth-order valence-corrected chi connectivity index (χ4v) is 4.69. The fourth-order valence-electron chi connectivity index (χ4n) is 4.69. The highest BCUT2D eigenvalue weighted by molar-refractivity contribution is 5.94. The second kappa shape index (κ2) is 10.4. The van der Waals surface area contributed by atoms with Crippen molar-refractivity contribution in [1.29, 1.82) is 0 Å². The highest BCUT2D eigenvalue weighted by Gasteiger charge is 2.31. The molecule has 0 bridgehead atoms. The first kappa shape index (κ1) is 22.0. The smallest absolute Gasteiger partial charge is 0.274 e. The maximum atomic E-state index is 13.3. The van der Waals surface area contributed by atoms with Gasteiger partial charge in [0.2, 0.25) is 0 Å². The van der Waals surface area contributed by atoms with Crippen LogP contribution < -0.4 is 5.32 Å². The van der Waals surface area contributed by atoms with Crippen molar-refractivity contribution in [2.45, 2.75) is 58.5 Å². The van der Waals surface area contributed by atoms with Crippen molar-refractivity contribution in [1.82, 2.24) is 20.0 Å². The van der Waals surface area contributed by atoms with Crippen molar-refractivity contribution in [2.24, 2.45) is 5.92 Å². The van der Waals surface area contributed by atoms with Crippen molar-refractivity contribution < 1.29 is 9.53 Å². The van der Waals surface area contributed by atoms with Crippen LogP contribution in [0.4, 0.5) is 0 Å². The summed E-state index contributed by atoms with van der Waals surface area (Å²) in [5.41, 5.74) is 4.51. The maximum absolute atomic E-state index is 13.3. The van der Waals surface area contributed by atoms with Crippen LogP contribution in [-0.4, -0.2) is 59.5 Å². The van der Waals surface area contributed by atoms with Crippen LogP contribution in [0.25, 0.3) is 0 Å². The quantitative estimate of drug-likeness (QED) is 0.662. The standard InChI is InChI=1S/C25H36N4O2/c1-19(2)18-29-23-11-10-21(26-12-6-9-20-7-4-3-5-8-20)17-22(23)24(27-29)25(30)28-13-15-31-16-14-28/h3-5,7-8,19,21,26H,6,9-18H2,1-2H3/t21-/m1/s1. The third-order valence-corrected chi connectivity index (χ3v) is 6.30. The fraction of sp³-hybridized carbons (Fsp3) is 0.600. The Bertz CT molecular complexity index is 856. The number of rotatable bonds is 8. The van der Waals surface area contributed by atoms with Gasteiger partial charge in [-0.25, -0.2) is 0 Å². The van der Waals surface area contributed by atoms with Crippen LogP contribution >= 0.6 is 0 Å². The van der Waals surface area contributed by atoms with E-state index in [1.54, 1.807) is 0 Å². The summed E-state index contributed by atoms with van der Waals surface area (Å²) in [6.45, 7) is 8.83. The molecule has 1 N–H and O–H groups in total. The Hall–Kier alpha value is -2.18. The topological polar surface area (TPSA) is 59.4 Å². The molecule has 1 aliphatic heterocycles. The lowest BCUT2D eigenvalue weighted by Crippen LogP contribution is -2.42. The molecule has 31 heavy (non-hydrogen) atoms. The van der Waals surface area contributed by atoms with E-state index in [1.807, 2.05) is 4.90 Å². The molecule has 0 unspecified atom stereocenters. The van der Waals surface area contributed by atoms with E-state index in [-0.39, 0.29) is 5.91 Å². The van der Waals surface area contributed by atoms with E-state index in [0.29, 0.717) is 44.0 Å². The van der Waals surface area contributed by atoms with Gasteiger partial charge in [-0.15, -0.1) is 0 Å². The minimum Gasteiger partial charge on any atom is -0.378 e. The van der Waals surface area contributed by atoms with E-state index in [4.69, 9.17) is 9.84 Å². The molecule has 0 spiro atoms. The number of ether oxygens (including phenoxy) is 1. The van der Waals surface area contributed by atoms with E-state index in [2.05, 4.69) is 54.2 Å².